The minimum atomic E-state index is -3.27. The molecule has 27 heavy (non-hydrogen) atoms. The average molecular weight is 398 g/mol. The third-order valence-corrected chi connectivity index (χ3v) is 7.00. The van der Waals surface area contributed by atoms with E-state index in [0.29, 0.717) is 6.54 Å². The van der Waals surface area contributed by atoms with Gasteiger partial charge in [0, 0.05) is 37.2 Å². The number of aliphatic imine (C=N–C) groups is 1. The van der Waals surface area contributed by atoms with Gasteiger partial charge in [0.2, 0.25) is 10.0 Å². The topological polar surface area (TPSA) is 53.0 Å². The van der Waals surface area contributed by atoms with Crippen LogP contribution in [0.25, 0.3) is 0 Å². The van der Waals surface area contributed by atoms with E-state index in [0.717, 1.165) is 18.7 Å². The van der Waals surface area contributed by atoms with E-state index >= 15 is 0 Å². The molecule has 0 aliphatic carbocycles. The molecule has 0 aromatic carbocycles. The van der Waals surface area contributed by atoms with Gasteiger partial charge in [-0.2, -0.15) is 4.31 Å². The molecule has 2 heterocycles. The molecule has 0 radical (unpaired) electrons. The molecule has 0 spiro atoms. The van der Waals surface area contributed by atoms with E-state index in [4.69, 9.17) is 4.99 Å². The first-order valence-electron chi connectivity index (χ1n) is 10.1. The highest BCUT2D eigenvalue weighted by atomic mass is 32.2. The maximum absolute atomic E-state index is 12.5. The van der Waals surface area contributed by atoms with Crippen LogP contribution in [-0.2, 0) is 10.0 Å². The van der Waals surface area contributed by atoms with Gasteiger partial charge in [-0.05, 0) is 30.3 Å². The second-order valence-electron chi connectivity index (χ2n) is 10.4. The summed E-state index contributed by atoms with van der Waals surface area (Å²) < 4.78 is 26.7. The molecule has 2 atom stereocenters. The lowest BCUT2D eigenvalue weighted by Gasteiger charge is -2.43. The molecule has 0 N–H and O–H groups in total. The molecule has 5 nitrogen and oxygen atoms in total. The highest BCUT2D eigenvalue weighted by molar-refractivity contribution is 7.88. The van der Waals surface area contributed by atoms with Crippen molar-refractivity contribution in [2.75, 3.05) is 12.8 Å². The van der Waals surface area contributed by atoms with E-state index in [9.17, 15) is 8.42 Å². The molecule has 0 saturated carbocycles. The zero-order chi connectivity index (χ0) is 20.9. The van der Waals surface area contributed by atoms with Crippen molar-refractivity contribution < 1.29 is 8.42 Å². The van der Waals surface area contributed by atoms with Gasteiger partial charge in [-0.25, -0.2) is 8.42 Å². The fraction of sp³-hybridized carbons (Fsp3) is 0.857. The molecule has 2 unspecified atom stereocenters. The predicted octanol–water partition coefficient (Wildman–Crippen LogP) is 4.27. The molecule has 1 saturated heterocycles. The molecule has 6 heteroatoms. The van der Waals surface area contributed by atoms with Crippen LogP contribution in [0.1, 0.15) is 75.2 Å². The fourth-order valence-corrected chi connectivity index (χ4v) is 6.12. The second-order valence-corrected chi connectivity index (χ2v) is 12.3. The number of sulfonamides is 1. The van der Waals surface area contributed by atoms with Gasteiger partial charge in [-0.1, -0.05) is 48.5 Å². The van der Waals surface area contributed by atoms with Gasteiger partial charge >= 0.3 is 0 Å². The van der Waals surface area contributed by atoms with Gasteiger partial charge in [0.1, 0.15) is 5.84 Å². The van der Waals surface area contributed by atoms with E-state index in [2.05, 4.69) is 53.4 Å². The third-order valence-electron chi connectivity index (χ3n) is 5.52. The van der Waals surface area contributed by atoms with Crippen LogP contribution in [0.3, 0.4) is 0 Å². The van der Waals surface area contributed by atoms with Gasteiger partial charge < -0.3 is 4.90 Å². The van der Waals surface area contributed by atoms with Crippen molar-refractivity contribution in [1.29, 1.82) is 0 Å². The SMILES string of the molecule is CCC1=NC(C(C)(C)C)C(C(C)(C)C)=C2CC(N(C(C)C)S(C)(=O)=O)CN12. The van der Waals surface area contributed by atoms with E-state index in [-0.39, 0.29) is 29.0 Å². The van der Waals surface area contributed by atoms with E-state index in [1.54, 1.807) is 4.31 Å². The Morgan fingerprint density at radius 1 is 1.19 bits per heavy atom. The Kier molecular flexibility index (Phi) is 5.96. The van der Waals surface area contributed by atoms with Crippen LogP contribution in [0, 0.1) is 10.8 Å². The van der Waals surface area contributed by atoms with Gasteiger partial charge in [-0.3, -0.25) is 4.99 Å². The first-order valence-corrected chi connectivity index (χ1v) is 12.0. The Hall–Kier alpha value is -0.880. The van der Waals surface area contributed by atoms with Crippen molar-refractivity contribution in [2.45, 2.75) is 93.3 Å². The summed E-state index contributed by atoms with van der Waals surface area (Å²) in [5, 5.41) is 0. The quantitative estimate of drug-likeness (QED) is 0.712. The second kappa shape index (κ2) is 7.18. The zero-order valence-electron chi connectivity index (χ0n) is 18.9. The van der Waals surface area contributed by atoms with Crippen LogP contribution >= 0.6 is 0 Å². The lowest BCUT2D eigenvalue weighted by atomic mass is 9.71. The van der Waals surface area contributed by atoms with Crippen molar-refractivity contribution in [3.8, 4) is 0 Å². The van der Waals surface area contributed by atoms with Crippen molar-refractivity contribution in [1.82, 2.24) is 9.21 Å². The van der Waals surface area contributed by atoms with Crippen molar-refractivity contribution in [3.05, 3.63) is 11.3 Å². The molecule has 2 aliphatic rings. The molecule has 0 amide bonds. The largest absolute Gasteiger partial charge is 0.332 e. The summed E-state index contributed by atoms with van der Waals surface area (Å²) in [4.78, 5) is 7.49. The summed E-state index contributed by atoms with van der Waals surface area (Å²) in [7, 11) is -3.27. The third kappa shape index (κ3) is 4.42. The van der Waals surface area contributed by atoms with Gasteiger partial charge in [0.25, 0.3) is 0 Å². The van der Waals surface area contributed by atoms with Crippen LogP contribution in [0.5, 0.6) is 0 Å². The molecule has 1 fully saturated rings. The molecule has 2 rings (SSSR count). The van der Waals surface area contributed by atoms with E-state index in [1.807, 2.05) is 13.8 Å². The molecule has 0 aromatic rings. The first kappa shape index (κ1) is 22.4. The summed E-state index contributed by atoms with van der Waals surface area (Å²) in [6.07, 6.45) is 2.96. The monoisotopic (exact) mass is 397 g/mol. The Morgan fingerprint density at radius 3 is 2.11 bits per heavy atom. The molecule has 0 bridgehead atoms. The molecular formula is C21H39N3O2S. The number of hydrogen-bond acceptors (Lipinski definition) is 4. The molecular weight excluding hydrogens is 358 g/mol. The molecule has 2 aliphatic heterocycles. The summed E-state index contributed by atoms with van der Waals surface area (Å²) in [6, 6.07) is 0.0384. The summed E-state index contributed by atoms with van der Waals surface area (Å²) in [5.74, 6) is 1.10. The van der Waals surface area contributed by atoms with Crippen molar-refractivity contribution >= 4 is 15.9 Å². The van der Waals surface area contributed by atoms with Gasteiger partial charge in [-0.15, -0.1) is 0 Å². The zero-order valence-corrected chi connectivity index (χ0v) is 19.7. The smallest absolute Gasteiger partial charge is 0.211 e. The Balaban J connectivity index is 2.62. The maximum atomic E-state index is 12.5. The minimum Gasteiger partial charge on any atom is -0.332 e. The fourth-order valence-electron chi connectivity index (χ4n) is 4.67. The summed E-state index contributed by atoms with van der Waals surface area (Å²) in [6.45, 7) is 20.3. The van der Waals surface area contributed by atoms with Crippen LogP contribution in [0.4, 0.5) is 0 Å². The Bertz CT molecular complexity index is 736. The normalized spacial score (nSPS) is 24.7. The van der Waals surface area contributed by atoms with Crippen LogP contribution in [0.15, 0.2) is 16.3 Å². The summed E-state index contributed by atoms with van der Waals surface area (Å²) in [5.41, 5.74) is 2.67. The number of fused-ring (bicyclic) bond motifs is 1. The van der Waals surface area contributed by atoms with Crippen LogP contribution < -0.4 is 0 Å². The highest BCUT2D eigenvalue weighted by Gasteiger charge is 2.46. The Morgan fingerprint density at radius 2 is 1.74 bits per heavy atom. The van der Waals surface area contributed by atoms with Crippen molar-refractivity contribution in [3.63, 3.8) is 0 Å². The lowest BCUT2D eigenvalue weighted by Crippen LogP contribution is -2.46. The van der Waals surface area contributed by atoms with E-state index < -0.39 is 10.0 Å². The number of nitrogens with zero attached hydrogens (tertiary/aromatic N) is 3. The lowest BCUT2D eigenvalue weighted by molar-refractivity contribution is 0.276. The first-order chi connectivity index (χ1) is 12.1. The average Bonchev–Trinajstić information content (AvgIpc) is 2.84. The maximum Gasteiger partial charge on any atom is 0.211 e. The van der Waals surface area contributed by atoms with Crippen LogP contribution in [-0.4, -0.2) is 54.4 Å². The Labute approximate surface area is 167 Å². The number of amidine groups is 1. The standard InChI is InChI=1S/C21H39N3O2S/c1-11-17-22-19(21(7,8)9)18(20(4,5)6)16-12-15(13-23(16)17)24(14(2)3)27(10,25)26/h14-15,19H,11-13H2,1-10H3. The number of rotatable bonds is 4. The predicted molar refractivity (Wildman–Crippen MR) is 114 cm³/mol. The van der Waals surface area contributed by atoms with Gasteiger partial charge in [0.15, 0.2) is 0 Å². The van der Waals surface area contributed by atoms with Crippen LogP contribution in [0.2, 0.25) is 0 Å². The number of hydrogen-bond donors (Lipinski definition) is 0. The minimum absolute atomic E-state index is 0.0169. The highest BCUT2D eigenvalue weighted by Crippen LogP contribution is 2.46. The van der Waals surface area contributed by atoms with Crippen molar-refractivity contribution in [2.24, 2.45) is 15.8 Å². The van der Waals surface area contributed by atoms with E-state index in [1.165, 1.54) is 17.5 Å². The summed E-state index contributed by atoms with van der Waals surface area (Å²) >= 11 is 0. The molecule has 0 aromatic heterocycles. The van der Waals surface area contributed by atoms with Gasteiger partial charge in [0.05, 0.1) is 12.3 Å². The molecule has 156 valence electrons.